The van der Waals surface area contributed by atoms with E-state index < -0.39 is 11.8 Å². The highest BCUT2D eigenvalue weighted by molar-refractivity contribution is 6.32. The van der Waals surface area contributed by atoms with Crippen LogP contribution in [0.25, 0.3) is 0 Å². The van der Waals surface area contributed by atoms with Gasteiger partial charge < -0.3 is 14.7 Å². The second kappa shape index (κ2) is 8.58. The van der Waals surface area contributed by atoms with E-state index in [2.05, 4.69) is 0 Å². The molecule has 1 aromatic carbocycles. The molecule has 1 N–H and O–H groups in total. The van der Waals surface area contributed by atoms with Gasteiger partial charge in [-0.15, -0.1) is 0 Å². The molecule has 0 saturated heterocycles. The summed E-state index contributed by atoms with van der Waals surface area (Å²) in [4.78, 5) is 24.2. The predicted octanol–water partition coefficient (Wildman–Crippen LogP) is 2.82. The Balaban J connectivity index is 2.63. The molecular weight excluding hydrogens is 313 g/mol. The number of nitrogens with zero attached hydrogens (tertiary/aromatic N) is 1. The molecule has 0 spiro atoms. The lowest BCUT2D eigenvalue weighted by Gasteiger charge is -2.24. The maximum absolute atomic E-state index is 12.9. The molecule has 0 atom stereocenters. The summed E-state index contributed by atoms with van der Waals surface area (Å²) in [6.45, 7) is 4.13. The highest BCUT2D eigenvalue weighted by Crippen LogP contribution is 2.24. The predicted molar refractivity (Wildman–Crippen MR) is 80.6 cm³/mol. The summed E-state index contributed by atoms with van der Waals surface area (Å²) < 4.78 is 18.2. The molecule has 0 radical (unpaired) electrons. The molecule has 22 heavy (non-hydrogen) atoms. The normalized spacial score (nSPS) is 10.6. The van der Waals surface area contributed by atoms with Crippen molar-refractivity contribution < 1.29 is 23.8 Å². The second-order valence-electron chi connectivity index (χ2n) is 5.24. The van der Waals surface area contributed by atoms with E-state index in [9.17, 15) is 14.0 Å². The molecule has 122 valence electrons. The Kier molecular flexibility index (Phi) is 7.11. The monoisotopic (exact) mass is 331 g/mol. The number of carbonyl (C=O) groups excluding carboxylic acids is 1. The van der Waals surface area contributed by atoms with Crippen LogP contribution in [-0.4, -0.2) is 41.6 Å². The molecule has 1 aromatic rings. The van der Waals surface area contributed by atoms with Crippen molar-refractivity contribution in [2.45, 2.75) is 20.3 Å². The third kappa shape index (κ3) is 6.30. The zero-order chi connectivity index (χ0) is 16.7. The summed E-state index contributed by atoms with van der Waals surface area (Å²) in [5.74, 6) is -1.39. The minimum atomic E-state index is -0.968. The summed E-state index contributed by atoms with van der Waals surface area (Å²) in [7, 11) is 0. The molecular formula is C15H19ClFNO4. The Labute approximate surface area is 133 Å². The molecule has 0 aliphatic rings. The first-order valence-electron chi connectivity index (χ1n) is 6.87. The van der Waals surface area contributed by atoms with Crippen LogP contribution < -0.4 is 4.74 Å². The third-order valence-corrected chi connectivity index (χ3v) is 3.07. The van der Waals surface area contributed by atoms with Crippen molar-refractivity contribution in [3.05, 3.63) is 29.0 Å². The van der Waals surface area contributed by atoms with E-state index in [0.29, 0.717) is 6.54 Å². The number of rotatable bonds is 8. The van der Waals surface area contributed by atoms with Crippen LogP contribution in [0.1, 0.15) is 20.3 Å². The van der Waals surface area contributed by atoms with E-state index in [1.165, 1.54) is 17.0 Å². The quantitative estimate of drug-likeness (QED) is 0.795. The van der Waals surface area contributed by atoms with Gasteiger partial charge in [0, 0.05) is 13.1 Å². The summed E-state index contributed by atoms with van der Waals surface area (Å²) in [6, 6.07) is 3.62. The molecule has 1 rings (SSSR count). The van der Waals surface area contributed by atoms with E-state index in [1.807, 2.05) is 13.8 Å². The number of amides is 1. The van der Waals surface area contributed by atoms with Gasteiger partial charge in [-0.1, -0.05) is 25.4 Å². The lowest BCUT2D eigenvalue weighted by Crippen LogP contribution is -2.39. The Morgan fingerprint density at radius 1 is 1.41 bits per heavy atom. The zero-order valence-corrected chi connectivity index (χ0v) is 13.3. The standard InChI is InChI=1S/C15H19ClFNO4/c1-10(2)8-18(6-5-15(20)21)14(19)9-22-13-4-3-11(17)7-12(13)16/h3-4,7,10H,5-6,8-9H2,1-2H3,(H,20,21). The van der Waals surface area contributed by atoms with Gasteiger partial charge >= 0.3 is 5.97 Å². The van der Waals surface area contributed by atoms with E-state index in [4.69, 9.17) is 21.4 Å². The van der Waals surface area contributed by atoms with Crippen LogP contribution in [0.15, 0.2) is 18.2 Å². The number of hydrogen-bond donors (Lipinski definition) is 1. The fraction of sp³-hybridized carbons (Fsp3) is 0.467. The lowest BCUT2D eigenvalue weighted by atomic mass is 10.2. The van der Waals surface area contributed by atoms with Gasteiger partial charge in [0.05, 0.1) is 11.4 Å². The first-order valence-corrected chi connectivity index (χ1v) is 7.24. The van der Waals surface area contributed by atoms with Crippen molar-refractivity contribution in [2.75, 3.05) is 19.7 Å². The molecule has 0 unspecified atom stereocenters. The molecule has 0 saturated carbocycles. The van der Waals surface area contributed by atoms with Crippen molar-refractivity contribution >= 4 is 23.5 Å². The lowest BCUT2D eigenvalue weighted by molar-refractivity contribution is -0.139. The van der Waals surface area contributed by atoms with Crippen LogP contribution >= 0.6 is 11.6 Å². The second-order valence-corrected chi connectivity index (χ2v) is 5.65. The van der Waals surface area contributed by atoms with Crippen molar-refractivity contribution in [3.63, 3.8) is 0 Å². The average Bonchev–Trinajstić information content (AvgIpc) is 2.41. The summed E-state index contributed by atoms with van der Waals surface area (Å²) in [6.07, 6.45) is -0.129. The SMILES string of the molecule is CC(C)CN(CCC(=O)O)C(=O)COc1ccc(F)cc1Cl. The van der Waals surface area contributed by atoms with Gasteiger partial charge in [0.2, 0.25) is 0 Å². The van der Waals surface area contributed by atoms with Crippen LogP contribution in [0.4, 0.5) is 4.39 Å². The number of aliphatic carboxylic acids is 1. The summed E-state index contributed by atoms with van der Waals surface area (Å²) >= 11 is 5.81. The van der Waals surface area contributed by atoms with Crippen LogP contribution in [0.2, 0.25) is 5.02 Å². The molecule has 0 heterocycles. The van der Waals surface area contributed by atoms with Crippen molar-refractivity contribution in [1.82, 2.24) is 4.90 Å². The fourth-order valence-electron chi connectivity index (χ4n) is 1.81. The molecule has 0 aliphatic heterocycles. The minimum absolute atomic E-state index is 0.0775. The number of ether oxygens (including phenoxy) is 1. The number of carboxylic acid groups (broad SMARTS) is 1. The van der Waals surface area contributed by atoms with Gasteiger partial charge in [0.25, 0.3) is 5.91 Å². The van der Waals surface area contributed by atoms with Crippen molar-refractivity contribution in [3.8, 4) is 5.75 Å². The Hall–Kier alpha value is -1.82. The Morgan fingerprint density at radius 3 is 2.64 bits per heavy atom. The first kappa shape index (κ1) is 18.2. The zero-order valence-electron chi connectivity index (χ0n) is 12.5. The molecule has 0 aliphatic carbocycles. The van der Waals surface area contributed by atoms with E-state index in [1.54, 1.807) is 0 Å². The summed E-state index contributed by atoms with van der Waals surface area (Å²) in [5, 5.41) is 8.80. The fourth-order valence-corrected chi connectivity index (χ4v) is 2.03. The molecule has 0 aromatic heterocycles. The van der Waals surface area contributed by atoms with Crippen LogP contribution in [-0.2, 0) is 9.59 Å². The van der Waals surface area contributed by atoms with Gasteiger partial charge in [0.1, 0.15) is 11.6 Å². The number of benzene rings is 1. The molecule has 5 nitrogen and oxygen atoms in total. The number of hydrogen-bond acceptors (Lipinski definition) is 3. The summed E-state index contributed by atoms with van der Waals surface area (Å²) in [5.41, 5.74) is 0. The molecule has 0 bridgehead atoms. The van der Waals surface area contributed by atoms with Gasteiger partial charge in [-0.25, -0.2) is 4.39 Å². The van der Waals surface area contributed by atoms with Crippen LogP contribution in [0.5, 0.6) is 5.75 Å². The topological polar surface area (TPSA) is 66.8 Å². The van der Waals surface area contributed by atoms with Gasteiger partial charge in [0.15, 0.2) is 6.61 Å². The molecule has 1 amide bonds. The minimum Gasteiger partial charge on any atom is -0.482 e. The van der Waals surface area contributed by atoms with Crippen LogP contribution in [0, 0.1) is 11.7 Å². The maximum atomic E-state index is 12.9. The molecule has 0 fully saturated rings. The maximum Gasteiger partial charge on any atom is 0.305 e. The number of carboxylic acids is 1. The number of carbonyl (C=O) groups is 2. The Bertz CT molecular complexity index is 536. The van der Waals surface area contributed by atoms with Crippen molar-refractivity contribution in [1.29, 1.82) is 0 Å². The first-order chi connectivity index (χ1) is 10.3. The van der Waals surface area contributed by atoms with E-state index >= 15 is 0 Å². The van der Waals surface area contributed by atoms with Crippen molar-refractivity contribution in [2.24, 2.45) is 5.92 Å². The third-order valence-electron chi connectivity index (χ3n) is 2.78. The molecule has 7 heteroatoms. The average molecular weight is 332 g/mol. The van der Waals surface area contributed by atoms with Gasteiger partial charge in [-0.05, 0) is 24.1 Å². The van der Waals surface area contributed by atoms with E-state index in [-0.39, 0.29) is 42.2 Å². The highest BCUT2D eigenvalue weighted by Gasteiger charge is 2.17. The van der Waals surface area contributed by atoms with E-state index in [0.717, 1.165) is 6.07 Å². The smallest absolute Gasteiger partial charge is 0.305 e. The Morgan fingerprint density at radius 2 is 2.09 bits per heavy atom. The largest absolute Gasteiger partial charge is 0.482 e. The van der Waals surface area contributed by atoms with Gasteiger partial charge in [-0.3, -0.25) is 9.59 Å². The number of halogens is 2. The van der Waals surface area contributed by atoms with Crippen LogP contribution in [0.3, 0.4) is 0 Å². The van der Waals surface area contributed by atoms with Gasteiger partial charge in [-0.2, -0.15) is 0 Å². The highest BCUT2D eigenvalue weighted by atomic mass is 35.5.